The van der Waals surface area contributed by atoms with Crippen molar-refractivity contribution in [3.63, 3.8) is 0 Å². The van der Waals surface area contributed by atoms with Crippen LogP contribution >= 0.6 is 11.6 Å². The van der Waals surface area contributed by atoms with Crippen LogP contribution in [0.4, 0.5) is 11.4 Å². The number of hydrogen-bond acceptors (Lipinski definition) is 4. The molecule has 0 atom stereocenters. The quantitative estimate of drug-likeness (QED) is 0.807. The van der Waals surface area contributed by atoms with E-state index < -0.39 is 5.91 Å². The number of nitrogens with zero attached hydrogens (tertiary/aromatic N) is 3. The molecule has 8 heteroatoms. The monoisotopic (exact) mass is 426 g/mol. The number of hydrogen-bond donors (Lipinski definition) is 1. The fourth-order valence-electron chi connectivity index (χ4n) is 3.06. The highest BCUT2D eigenvalue weighted by atomic mass is 35.5. The zero-order valence-electron chi connectivity index (χ0n) is 17.3. The maximum atomic E-state index is 12.8. The SMILES string of the molecule is Cc1ccc(C)c(N2N=C(C(=O)Nc3cc(C(=O)N(C)C)ccc3Cl)CCC2=O)c1. The molecular weight excluding hydrogens is 404 g/mol. The predicted octanol–water partition coefficient (Wildman–Crippen LogP) is 3.78. The van der Waals surface area contributed by atoms with Crippen LogP contribution in [0.25, 0.3) is 0 Å². The lowest BCUT2D eigenvalue weighted by Crippen LogP contribution is -2.36. The molecular formula is C22H23ClN4O3. The maximum absolute atomic E-state index is 12.8. The van der Waals surface area contributed by atoms with Gasteiger partial charge in [-0.3, -0.25) is 14.4 Å². The van der Waals surface area contributed by atoms with E-state index in [1.54, 1.807) is 26.2 Å². The second kappa shape index (κ2) is 8.67. The smallest absolute Gasteiger partial charge is 0.271 e. The Balaban J connectivity index is 1.88. The van der Waals surface area contributed by atoms with E-state index in [-0.39, 0.29) is 30.4 Å². The molecule has 0 fully saturated rings. The lowest BCUT2D eigenvalue weighted by molar-refractivity contribution is -0.118. The Labute approximate surface area is 180 Å². The molecule has 1 heterocycles. The molecule has 2 aromatic carbocycles. The molecule has 0 radical (unpaired) electrons. The standard InChI is InChI=1S/C22H23ClN4O3/c1-13-5-6-14(2)19(11-13)27-20(28)10-9-17(25-27)21(29)24-18-12-15(7-8-16(18)23)22(30)26(3)4/h5-8,11-12H,9-10H2,1-4H3,(H,24,29). The first-order chi connectivity index (χ1) is 14.2. The zero-order chi connectivity index (χ0) is 22.0. The minimum Gasteiger partial charge on any atom is -0.345 e. The van der Waals surface area contributed by atoms with Gasteiger partial charge in [0.15, 0.2) is 0 Å². The van der Waals surface area contributed by atoms with Gasteiger partial charge >= 0.3 is 0 Å². The van der Waals surface area contributed by atoms with Gasteiger partial charge in [0.1, 0.15) is 5.71 Å². The van der Waals surface area contributed by atoms with Crippen LogP contribution in [0.1, 0.15) is 34.3 Å². The number of anilines is 2. The van der Waals surface area contributed by atoms with Gasteiger partial charge in [-0.25, -0.2) is 5.01 Å². The van der Waals surface area contributed by atoms with Crippen molar-refractivity contribution in [2.45, 2.75) is 26.7 Å². The molecule has 1 aliphatic rings. The van der Waals surface area contributed by atoms with Crippen molar-refractivity contribution in [1.29, 1.82) is 0 Å². The third-order valence-electron chi connectivity index (χ3n) is 4.76. The predicted molar refractivity (Wildman–Crippen MR) is 118 cm³/mol. The first kappa shape index (κ1) is 21.5. The first-order valence-electron chi connectivity index (χ1n) is 9.47. The van der Waals surface area contributed by atoms with Crippen molar-refractivity contribution in [3.8, 4) is 0 Å². The molecule has 0 unspecified atom stereocenters. The maximum Gasteiger partial charge on any atom is 0.271 e. The molecule has 0 aromatic heterocycles. The lowest BCUT2D eigenvalue weighted by Gasteiger charge is -2.25. The molecule has 0 aliphatic carbocycles. The van der Waals surface area contributed by atoms with Gasteiger partial charge in [-0.1, -0.05) is 23.7 Å². The Morgan fingerprint density at radius 3 is 2.53 bits per heavy atom. The molecule has 0 bridgehead atoms. The van der Waals surface area contributed by atoms with Crippen LogP contribution in [0.3, 0.4) is 0 Å². The number of rotatable bonds is 4. The van der Waals surface area contributed by atoms with Crippen molar-refractivity contribution in [3.05, 3.63) is 58.1 Å². The van der Waals surface area contributed by atoms with Gasteiger partial charge < -0.3 is 10.2 Å². The Morgan fingerprint density at radius 2 is 1.83 bits per heavy atom. The largest absolute Gasteiger partial charge is 0.345 e. The summed E-state index contributed by atoms with van der Waals surface area (Å²) in [6.45, 7) is 3.82. The van der Waals surface area contributed by atoms with Crippen LogP contribution in [0.5, 0.6) is 0 Å². The molecule has 156 valence electrons. The number of hydrazone groups is 1. The molecule has 1 N–H and O–H groups in total. The number of carbonyl (C=O) groups is 3. The highest BCUT2D eigenvalue weighted by molar-refractivity contribution is 6.45. The number of halogens is 1. The molecule has 0 saturated heterocycles. The van der Waals surface area contributed by atoms with Gasteiger partial charge in [0, 0.05) is 32.5 Å². The second-order valence-corrected chi connectivity index (χ2v) is 7.80. The fourth-order valence-corrected chi connectivity index (χ4v) is 3.22. The van der Waals surface area contributed by atoms with Crippen molar-refractivity contribution < 1.29 is 14.4 Å². The van der Waals surface area contributed by atoms with Gasteiger partial charge in [0.25, 0.3) is 11.8 Å². The Kier molecular flexibility index (Phi) is 6.22. The third kappa shape index (κ3) is 4.52. The summed E-state index contributed by atoms with van der Waals surface area (Å²) in [6, 6.07) is 10.4. The highest BCUT2D eigenvalue weighted by Crippen LogP contribution is 2.27. The van der Waals surface area contributed by atoms with E-state index in [9.17, 15) is 14.4 Å². The lowest BCUT2D eigenvalue weighted by atomic mass is 10.1. The second-order valence-electron chi connectivity index (χ2n) is 7.39. The van der Waals surface area contributed by atoms with Crippen LogP contribution in [-0.4, -0.2) is 42.4 Å². The average Bonchev–Trinajstić information content (AvgIpc) is 2.71. The first-order valence-corrected chi connectivity index (χ1v) is 9.85. The van der Waals surface area contributed by atoms with Gasteiger partial charge in [-0.05, 0) is 49.2 Å². The zero-order valence-corrected chi connectivity index (χ0v) is 18.1. The summed E-state index contributed by atoms with van der Waals surface area (Å²) in [5.74, 6) is -0.838. The Bertz CT molecular complexity index is 1060. The minimum absolute atomic E-state index is 0.170. The van der Waals surface area contributed by atoms with E-state index in [0.29, 0.717) is 22.0 Å². The average molecular weight is 427 g/mol. The number of carbonyl (C=O) groups excluding carboxylic acids is 3. The van der Waals surface area contributed by atoms with Crippen LogP contribution in [0, 0.1) is 13.8 Å². The van der Waals surface area contributed by atoms with Gasteiger partial charge in [0.05, 0.1) is 16.4 Å². The molecule has 0 spiro atoms. The number of nitrogens with one attached hydrogen (secondary N) is 1. The van der Waals surface area contributed by atoms with E-state index in [2.05, 4.69) is 10.4 Å². The third-order valence-corrected chi connectivity index (χ3v) is 5.08. The summed E-state index contributed by atoms with van der Waals surface area (Å²) in [7, 11) is 3.29. The van der Waals surface area contributed by atoms with Crippen molar-refractivity contribution in [2.24, 2.45) is 5.10 Å². The molecule has 2 aromatic rings. The minimum atomic E-state index is -0.464. The summed E-state index contributed by atoms with van der Waals surface area (Å²) in [5.41, 5.74) is 3.46. The molecule has 0 saturated carbocycles. The summed E-state index contributed by atoms with van der Waals surface area (Å²) in [5, 5.41) is 8.62. The fraction of sp³-hybridized carbons (Fsp3) is 0.273. The van der Waals surface area contributed by atoms with E-state index in [1.165, 1.54) is 16.0 Å². The van der Waals surface area contributed by atoms with Crippen molar-refractivity contribution in [2.75, 3.05) is 24.4 Å². The van der Waals surface area contributed by atoms with E-state index in [4.69, 9.17) is 11.6 Å². The summed E-state index contributed by atoms with van der Waals surface area (Å²) >= 11 is 6.21. The van der Waals surface area contributed by atoms with Gasteiger partial charge in [-0.2, -0.15) is 5.10 Å². The topological polar surface area (TPSA) is 82.1 Å². The Hall–Kier alpha value is -3.19. The van der Waals surface area contributed by atoms with Crippen molar-refractivity contribution >= 4 is 46.4 Å². The highest BCUT2D eigenvalue weighted by Gasteiger charge is 2.27. The van der Waals surface area contributed by atoms with Crippen LogP contribution < -0.4 is 10.3 Å². The molecule has 3 amide bonds. The molecule has 7 nitrogen and oxygen atoms in total. The Morgan fingerprint density at radius 1 is 1.10 bits per heavy atom. The van der Waals surface area contributed by atoms with Gasteiger partial charge in [-0.15, -0.1) is 0 Å². The normalized spacial score (nSPS) is 13.7. The number of aryl methyl sites for hydroxylation is 2. The van der Waals surface area contributed by atoms with Crippen LogP contribution in [-0.2, 0) is 9.59 Å². The van der Waals surface area contributed by atoms with Crippen LogP contribution in [0.15, 0.2) is 41.5 Å². The molecule has 1 aliphatic heterocycles. The summed E-state index contributed by atoms with van der Waals surface area (Å²) in [6.07, 6.45) is 0.395. The summed E-state index contributed by atoms with van der Waals surface area (Å²) < 4.78 is 0. The number of benzene rings is 2. The van der Waals surface area contributed by atoms with E-state index in [0.717, 1.165) is 11.1 Å². The molecule has 3 rings (SSSR count). The number of amides is 3. The van der Waals surface area contributed by atoms with Crippen LogP contribution in [0.2, 0.25) is 5.02 Å². The van der Waals surface area contributed by atoms with E-state index in [1.807, 2.05) is 32.0 Å². The molecule has 30 heavy (non-hydrogen) atoms. The van der Waals surface area contributed by atoms with Crippen molar-refractivity contribution in [1.82, 2.24) is 4.90 Å². The summed E-state index contributed by atoms with van der Waals surface area (Å²) in [4.78, 5) is 38.9. The van der Waals surface area contributed by atoms with Gasteiger partial charge in [0.2, 0.25) is 5.91 Å². The van der Waals surface area contributed by atoms with E-state index >= 15 is 0 Å².